The van der Waals surface area contributed by atoms with Crippen LogP contribution in [0.15, 0.2) is 18.3 Å². The van der Waals surface area contributed by atoms with Crippen LogP contribution in [0.3, 0.4) is 0 Å². The second-order valence-electron chi connectivity index (χ2n) is 4.89. The van der Waals surface area contributed by atoms with Crippen molar-refractivity contribution >= 4 is 11.9 Å². The lowest BCUT2D eigenvalue weighted by atomic mass is 10.1. The molecule has 0 saturated carbocycles. The molecule has 0 bridgehead atoms. The molecule has 18 heavy (non-hydrogen) atoms. The molecule has 1 unspecified atom stereocenters. The van der Waals surface area contributed by atoms with Gasteiger partial charge in [0.05, 0.1) is 0 Å². The van der Waals surface area contributed by atoms with E-state index in [0.717, 1.165) is 30.7 Å². The van der Waals surface area contributed by atoms with Gasteiger partial charge in [0.25, 0.3) is 0 Å². The molecular formula is C13H16N4O. The topological polar surface area (TPSA) is 50.5 Å². The van der Waals surface area contributed by atoms with Gasteiger partial charge in [0.2, 0.25) is 0 Å². The van der Waals surface area contributed by atoms with Crippen molar-refractivity contribution in [1.29, 1.82) is 0 Å². The van der Waals surface area contributed by atoms with Crippen molar-refractivity contribution in [2.24, 2.45) is 0 Å². The third kappa shape index (κ3) is 2.01. The van der Waals surface area contributed by atoms with Crippen LogP contribution in [0.1, 0.15) is 29.0 Å². The highest BCUT2D eigenvalue weighted by molar-refractivity contribution is 5.74. The van der Waals surface area contributed by atoms with Gasteiger partial charge in [0.1, 0.15) is 0 Å². The van der Waals surface area contributed by atoms with Crippen molar-refractivity contribution in [2.75, 3.05) is 13.6 Å². The van der Waals surface area contributed by atoms with E-state index in [2.05, 4.69) is 22.0 Å². The molecule has 3 rings (SSSR count). The summed E-state index contributed by atoms with van der Waals surface area (Å²) in [4.78, 5) is 17.6. The number of hydrogen-bond acceptors (Lipinski definition) is 4. The standard InChI is InChI=1S/C13H16N4O/c1-16-6-2-3-11(16)7-12-14-13-5-4-10(9-18)8-17(13)15-12/h4-5,8-9,11H,2-3,6-7H2,1H3. The number of pyridine rings is 1. The molecule has 0 radical (unpaired) electrons. The van der Waals surface area contributed by atoms with Crippen molar-refractivity contribution in [3.63, 3.8) is 0 Å². The number of aldehydes is 1. The van der Waals surface area contributed by atoms with Crippen LogP contribution in [0.25, 0.3) is 5.65 Å². The lowest BCUT2D eigenvalue weighted by molar-refractivity contribution is 0.112. The van der Waals surface area contributed by atoms with Crippen LogP contribution in [0.4, 0.5) is 0 Å². The van der Waals surface area contributed by atoms with E-state index in [9.17, 15) is 4.79 Å². The fourth-order valence-electron chi connectivity index (χ4n) is 2.55. The zero-order valence-corrected chi connectivity index (χ0v) is 10.4. The number of nitrogens with zero attached hydrogens (tertiary/aromatic N) is 4. The zero-order valence-electron chi connectivity index (χ0n) is 10.4. The SMILES string of the molecule is CN1CCCC1Cc1nc2ccc(C=O)cn2n1. The second-order valence-corrected chi connectivity index (χ2v) is 4.89. The Labute approximate surface area is 105 Å². The van der Waals surface area contributed by atoms with E-state index in [1.165, 1.54) is 12.8 Å². The monoisotopic (exact) mass is 244 g/mol. The number of likely N-dealkylation sites (tertiary alicyclic amines) is 1. The number of fused-ring (bicyclic) bond motifs is 1. The molecule has 5 heteroatoms. The highest BCUT2D eigenvalue weighted by atomic mass is 16.1. The van der Waals surface area contributed by atoms with Crippen LogP contribution in [0.5, 0.6) is 0 Å². The first-order chi connectivity index (χ1) is 8.76. The van der Waals surface area contributed by atoms with E-state index in [0.29, 0.717) is 11.6 Å². The molecule has 1 fully saturated rings. The summed E-state index contributed by atoms with van der Waals surface area (Å²) in [6.45, 7) is 1.16. The number of hydrogen-bond donors (Lipinski definition) is 0. The summed E-state index contributed by atoms with van der Waals surface area (Å²) in [6, 6.07) is 4.15. The van der Waals surface area contributed by atoms with Crippen molar-refractivity contribution < 1.29 is 4.79 Å². The molecule has 1 aliphatic rings. The Morgan fingerprint density at radius 3 is 3.11 bits per heavy atom. The summed E-state index contributed by atoms with van der Waals surface area (Å²) in [5.74, 6) is 0.858. The van der Waals surface area contributed by atoms with Gasteiger partial charge in [-0.2, -0.15) is 5.10 Å². The van der Waals surface area contributed by atoms with E-state index in [1.807, 2.05) is 6.07 Å². The molecule has 1 saturated heterocycles. The normalized spacial score (nSPS) is 20.6. The summed E-state index contributed by atoms with van der Waals surface area (Å²) < 4.78 is 1.69. The van der Waals surface area contributed by atoms with Crippen LogP contribution in [0.2, 0.25) is 0 Å². The molecule has 0 spiro atoms. The van der Waals surface area contributed by atoms with Crippen molar-refractivity contribution in [1.82, 2.24) is 19.5 Å². The Bertz CT molecular complexity index is 577. The number of likely N-dealkylation sites (N-methyl/N-ethyl adjacent to an activating group) is 1. The first-order valence-electron chi connectivity index (χ1n) is 6.27. The molecular weight excluding hydrogens is 228 g/mol. The number of rotatable bonds is 3. The first-order valence-corrected chi connectivity index (χ1v) is 6.27. The maximum absolute atomic E-state index is 10.7. The van der Waals surface area contributed by atoms with Crippen molar-refractivity contribution in [2.45, 2.75) is 25.3 Å². The molecule has 2 aromatic heterocycles. The maximum Gasteiger partial charge on any atom is 0.155 e. The van der Waals surface area contributed by atoms with Gasteiger partial charge >= 0.3 is 0 Å². The Morgan fingerprint density at radius 1 is 1.50 bits per heavy atom. The summed E-state index contributed by atoms with van der Waals surface area (Å²) in [5, 5.41) is 4.44. The van der Waals surface area contributed by atoms with E-state index >= 15 is 0 Å². The zero-order chi connectivity index (χ0) is 12.5. The van der Waals surface area contributed by atoms with Gasteiger partial charge < -0.3 is 4.90 Å². The Hall–Kier alpha value is -1.75. The van der Waals surface area contributed by atoms with Crippen LogP contribution >= 0.6 is 0 Å². The van der Waals surface area contributed by atoms with Crippen LogP contribution in [0, 0.1) is 0 Å². The summed E-state index contributed by atoms with van der Waals surface area (Å²) in [7, 11) is 2.15. The first kappa shape index (κ1) is 11.3. The highest BCUT2D eigenvalue weighted by Crippen LogP contribution is 2.18. The number of carbonyl (C=O) groups excluding carboxylic acids is 1. The van der Waals surface area contributed by atoms with Gasteiger partial charge in [-0.3, -0.25) is 4.79 Å². The molecule has 94 valence electrons. The third-order valence-corrected chi connectivity index (χ3v) is 3.62. The van der Waals surface area contributed by atoms with Gasteiger partial charge in [-0.25, -0.2) is 9.50 Å². The lowest BCUT2D eigenvalue weighted by Crippen LogP contribution is -2.27. The molecule has 1 aliphatic heterocycles. The minimum Gasteiger partial charge on any atom is -0.303 e. The predicted molar refractivity (Wildman–Crippen MR) is 67.7 cm³/mol. The number of carbonyl (C=O) groups is 1. The molecule has 2 aromatic rings. The minimum atomic E-state index is 0.549. The van der Waals surface area contributed by atoms with Crippen molar-refractivity contribution in [3.8, 4) is 0 Å². The van der Waals surface area contributed by atoms with E-state index in [4.69, 9.17) is 0 Å². The molecule has 1 atom stereocenters. The predicted octanol–water partition coefficient (Wildman–Crippen LogP) is 1.18. The van der Waals surface area contributed by atoms with Gasteiger partial charge in [-0.15, -0.1) is 0 Å². The Balaban J connectivity index is 1.86. The second kappa shape index (κ2) is 4.49. The smallest absolute Gasteiger partial charge is 0.155 e. The molecule has 5 nitrogen and oxygen atoms in total. The molecule has 0 amide bonds. The van der Waals surface area contributed by atoms with Crippen LogP contribution in [-0.2, 0) is 6.42 Å². The minimum absolute atomic E-state index is 0.549. The van der Waals surface area contributed by atoms with E-state index in [-0.39, 0.29) is 0 Å². The Kier molecular flexibility index (Phi) is 2.83. The fraction of sp³-hybridized carbons (Fsp3) is 0.462. The Morgan fingerprint density at radius 2 is 2.39 bits per heavy atom. The maximum atomic E-state index is 10.7. The van der Waals surface area contributed by atoms with Crippen LogP contribution in [-0.4, -0.2) is 45.4 Å². The van der Waals surface area contributed by atoms with Crippen LogP contribution < -0.4 is 0 Å². The summed E-state index contributed by atoms with van der Waals surface area (Å²) in [5.41, 5.74) is 1.42. The highest BCUT2D eigenvalue weighted by Gasteiger charge is 2.22. The van der Waals surface area contributed by atoms with Crippen molar-refractivity contribution in [3.05, 3.63) is 29.7 Å². The summed E-state index contributed by atoms with van der Waals surface area (Å²) >= 11 is 0. The van der Waals surface area contributed by atoms with Gasteiger partial charge in [0.15, 0.2) is 17.8 Å². The molecule has 0 aliphatic carbocycles. The molecule has 3 heterocycles. The molecule has 0 aromatic carbocycles. The van der Waals surface area contributed by atoms with Gasteiger partial charge in [-0.05, 0) is 38.6 Å². The fourth-order valence-corrected chi connectivity index (χ4v) is 2.55. The molecule has 0 N–H and O–H groups in total. The third-order valence-electron chi connectivity index (χ3n) is 3.62. The summed E-state index contributed by atoms with van der Waals surface area (Å²) in [6.07, 6.45) is 5.90. The quantitative estimate of drug-likeness (QED) is 0.761. The largest absolute Gasteiger partial charge is 0.303 e. The lowest BCUT2D eigenvalue weighted by Gasteiger charge is -2.17. The van der Waals surface area contributed by atoms with E-state index in [1.54, 1.807) is 16.8 Å². The van der Waals surface area contributed by atoms with E-state index < -0.39 is 0 Å². The average Bonchev–Trinajstić information content (AvgIpc) is 2.95. The van der Waals surface area contributed by atoms with Gasteiger partial charge in [-0.1, -0.05) is 0 Å². The van der Waals surface area contributed by atoms with Gasteiger partial charge in [0, 0.05) is 24.2 Å². The average molecular weight is 244 g/mol. The number of aromatic nitrogens is 3.